The lowest BCUT2D eigenvalue weighted by molar-refractivity contribution is -0.139. The molecular formula is C18H12ClNO4S2. The second kappa shape index (κ2) is 7.90. The van der Waals surface area contributed by atoms with Crippen molar-refractivity contribution in [3.05, 3.63) is 64.0 Å². The van der Waals surface area contributed by atoms with Crippen LogP contribution in [0.25, 0.3) is 6.08 Å². The summed E-state index contributed by atoms with van der Waals surface area (Å²) in [5.74, 6) is -0.996. The molecule has 1 saturated heterocycles. The van der Waals surface area contributed by atoms with Gasteiger partial charge in [0.25, 0.3) is 5.91 Å². The number of para-hydroxylation sites is 2. The predicted molar refractivity (Wildman–Crippen MR) is 107 cm³/mol. The molecule has 2 aromatic rings. The lowest BCUT2D eigenvalue weighted by atomic mass is 10.2. The second-order valence-corrected chi connectivity index (χ2v) is 7.27. The van der Waals surface area contributed by atoms with Crippen molar-refractivity contribution in [1.29, 1.82) is 0 Å². The van der Waals surface area contributed by atoms with Gasteiger partial charge in [-0.15, -0.1) is 0 Å². The molecule has 1 heterocycles. The average molecular weight is 406 g/mol. The smallest absolute Gasteiger partial charge is 0.341 e. The molecule has 3 rings (SSSR count). The number of aliphatic carboxylic acids is 1. The predicted octanol–water partition coefficient (Wildman–Crippen LogP) is 4.21. The first-order valence-electron chi connectivity index (χ1n) is 7.43. The molecule has 5 nitrogen and oxygen atoms in total. The highest BCUT2D eigenvalue weighted by atomic mass is 35.5. The molecule has 132 valence electrons. The largest absolute Gasteiger partial charge is 0.481 e. The van der Waals surface area contributed by atoms with E-state index in [0.29, 0.717) is 31.2 Å². The molecule has 0 unspecified atom stereocenters. The minimum atomic E-state index is -1.08. The van der Waals surface area contributed by atoms with E-state index in [4.69, 9.17) is 33.7 Å². The number of anilines is 1. The molecule has 8 heteroatoms. The van der Waals surface area contributed by atoms with Gasteiger partial charge in [-0.1, -0.05) is 65.9 Å². The van der Waals surface area contributed by atoms with E-state index >= 15 is 0 Å². The Kier molecular flexibility index (Phi) is 5.61. The first-order valence-corrected chi connectivity index (χ1v) is 9.04. The summed E-state index contributed by atoms with van der Waals surface area (Å²) >= 11 is 12.7. The zero-order valence-corrected chi connectivity index (χ0v) is 15.6. The fourth-order valence-corrected chi connectivity index (χ4v) is 3.82. The molecule has 1 aliphatic heterocycles. The molecule has 2 aromatic carbocycles. The van der Waals surface area contributed by atoms with Crippen LogP contribution >= 0.6 is 35.6 Å². The number of benzene rings is 2. The maximum Gasteiger partial charge on any atom is 0.341 e. The van der Waals surface area contributed by atoms with Crippen LogP contribution in [0.2, 0.25) is 5.02 Å². The van der Waals surface area contributed by atoms with Crippen LogP contribution in [0, 0.1) is 0 Å². The van der Waals surface area contributed by atoms with Crippen LogP contribution in [0.4, 0.5) is 5.69 Å². The van der Waals surface area contributed by atoms with Crippen LogP contribution < -0.4 is 9.64 Å². The summed E-state index contributed by atoms with van der Waals surface area (Å²) in [4.78, 5) is 25.3. The standard InChI is InChI=1S/C18H12ClNO4S2/c19-12-6-2-3-7-13(12)20-17(23)15(26-18(20)25)9-11-5-1-4-8-14(11)24-10-16(21)22/h1-9H,10H2,(H,21,22)/b15-9+. The summed E-state index contributed by atoms with van der Waals surface area (Å²) in [6.07, 6.45) is 1.63. The number of halogens is 1. The fraction of sp³-hybridized carbons (Fsp3) is 0.0556. The number of thiocarbonyl (C=S) groups is 1. The van der Waals surface area contributed by atoms with E-state index in [0.717, 1.165) is 11.8 Å². The Labute approximate surface area is 164 Å². The maximum atomic E-state index is 12.8. The Morgan fingerprint density at radius 2 is 1.92 bits per heavy atom. The molecule has 1 fully saturated rings. The summed E-state index contributed by atoms with van der Waals surface area (Å²) < 4.78 is 5.64. The van der Waals surface area contributed by atoms with Crippen molar-refractivity contribution in [2.45, 2.75) is 0 Å². The summed E-state index contributed by atoms with van der Waals surface area (Å²) in [6, 6.07) is 13.8. The minimum Gasteiger partial charge on any atom is -0.481 e. The van der Waals surface area contributed by atoms with E-state index in [1.807, 2.05) is 0 Å². The van der Waals surface area contributed by atoms with Crippen molar-refractivity contribution in [3.8, 4) is 5.75 Å². The van der Waals surface area contributed by atoms with E-state index in [9.17, 15) is 9.59 Å². The van der Waals surface area contributed by atoms with Gasteiger partial charge in [0, 0.05) is 5.56 Å². The molecule has 0 aliphatic carbocycles. The van der Waals surface area contributed by atoms with Crippen molar-refractivity contribution >= 4 is 63.5 Å². The van der Waals surface area contributed by atoms with Crippen LogP contribution in [-0.4, -0.2) is 27.9 Å². The van der Waals surface area contributed by atoms with Crippen molar-refractivity contribution < 1.29 is 19.4 Å². The van der Waals surface area contributed by atoms with Gasteiger partial charge in [0.15, 0.2) is 10.9 Å². The molecule has 1 amide bonds. The number of carbonyl (C=O) groups is 2. The third-order valence-electron chi connectivity index (χ3n) is 3.44. The van der Waals surface area contributed by atoms with Crippen molar-refractivity contribution in [2.75, 3.05) is 11.5 Å². The number of hydrogen-bond donors (Lipinski definition) is 1. The van der Waals surface area contributed by atoms with Gasteiger partial charge < -0.3 is 9.84 Å². The number of nitrogens with zero attached hydrogens (tertiary/aromatic N) is 1. The van der Waals surface area contributed by atoms with Gasteiger partial charge in [-0.3, -0.25) is 9.69 Å². The Morgan fingerprint density at radius 1 is 1.23 bits per heavy atom. The van der Waals surface area contributed by atoms with Gasteiger partial charge in [-0.05, 0) is 24.3 Å². The Bertz CT molecular complexity index is 929. The molecule has 1 N–H and O–H groups in total. The van der Waals surface area contributed by atoms with E-state index in [1.165, 1.54) is 4.90 Å². The first kappa shape index (κ1) is 18.4. The first-order chi connectivity index (χ1) is 12.5. The van der Waals surface area contributed by atoms with Crippen molar-refractivity contribution in [1.82, 2.24) is 0 Å². The topological polar surface area (TPSA) is 66.8 Å². The number of carboxylic acid groups (broad SMARTS) is 1. The number of carboxylic acids is 1. The number of rotatable bonds is 5. The van der Waals surface area contributed by atoms with Gasteiger partial charge in [0.1, 0.15) is 5.75 Å². The quantitative estimate of drug-likeness (QED) is 0.593. The third-order valence-corrected chi connectivity index (χ3v) is 5.07. The number of carbonyl (C=O) groups excluding carboxylic acids is 1. The lowest BCUT2D eigenvalue weighted by Crippen LogP contribution is -2.27. The van der Waals surface area contributed by atoms with Gasteiger partial charge in [0.2, 0.25) is 0 Å². The molecule has 26 heavy (non-hydrogen) atoms. The molecule has 0 saturated carbocycles. The van der Waals surface area contributed by atoms with Crippen LogP contribution in [0.1, 0.15) is 5.56 Å². The highest BCUT2D eigenvalue weighted by molar-refractivity contribution is 8.27. The van der Waals surface area contributed by atoms with Crippen molar-refractivity contribution in [2.24, 2.45) is 0 Å². The van der Waals surface area contributed by atoms with Gasteiger partial charge in [0.05, 0.1) is 15.6 Å². The van der Waals surface area contributed by atoms with E-state index in [1.54, 1.807) is 54.6 Å². The Morgan fingerprint density at radius 3 is 2.65 bits per heavy atom. The molecule has 0 aromatic heterocycles. The molecule has 0 atom stereocenters. The number of thioether (sulfide) groups is 1. The summed E-state index contributed by atoms with van der Waals surface area (Å²) in [5.41, 5.74) is 1.11. The number of hydrogen-bond acceptors (Lipinski definition) is 5. The van der Waals surface area contributed by atoms with Crippen LogP contribution in [0.5, 0.6) is 5.75 Å². The molecular weight excluding hydrogens is 394 g/mol. The van der Waals surface area contributed by atoms with Gasteiger partial charge in [-0.2, -0.15) is 0 Å². The maximum absolute atomic E-state index is 12.8. The fourth-order valence-electron chi connectivity index (χ4n) is 2.32. The summed E-state index contributed by atoms with van der Waals surface area (Å²) in [5, 5.41) is 9.20. The van der Waals surface area contributed by atoms with Gasteiger partial charge >= 0.3 is 5.97 Å². The van der Waals surface area contributed by atoms with Crippen LogP contribution in [0.15, 0.2) is 53.4 Å². The molecule has 0 radical (unpaired) electrons. The normalized spacial score (nSPS) is 15.6. The second-order valence-electron chi connectivity index (χ2n) is 5.19. The van der Waals surface area contributed by atoms with Gasteiger partial charge in [-0.25, -0.2) is 4.79 Å². The number of amides is 1. The van der Waals surface area contributed by atoms with E-state index < -0.39 is 12.6 Å². The molecule has 0 bridgehead atoms. The lowest BCUT2D eigenvalue weighted by Gasteiger charge is -2.15. The zero-order chi connectivity index (χ0) is 18.7. The molecule has 0 spiro atoms. The zero-order valence-electron chi connectivity index (χ0n) is 13.2. The summed E-state index contributed by atoms with van der Waals surface area (Å²) in [7, 11) is 0. The Balaban J connectivity index is 1.92. The number of ether oxygens (including phenoxy) is 1. The highest BCUT2D eigenvalue weighted by Gasteiger charge is 2.34. The van der Waals surface area contributed by atoms with E-state index in [-0.39, 0.29) is 5.91 Å². The van der Waals surface area contributed by atoms with Crippen molar-refractivity contribution in [3.63, 3.8) is 0 Å². The average Bonchev–Trinajstić information content (AvgIpc) is 2.88. The SMILES string of the molecule is O=C(O)COc1ccccc1/C=C1/SC(=S)N(c2ccccc2Cl)C1=O. The molecule has 1 aliphatic rings. The highest BCUT2D eigenvalue weighted by Crippen LogP contribution is 2.39. The van der Waals surface area contributed by atoms with Crippen LogP contribution in [-0.2, 0) is 9.59 Å². The Hall–Kier alpha value is -2.35. The monoisotopic (exact) mass is 405 g/mol. The third kappa shape index (κ3) is 3.90. The van der Waals surface area contributed by atoms with E-state index in [2.05, 4.69) is 0 Å². The van der Waals surface area contributed by atoms with Crippen LogP contribution in [0.3, 0.4) is 0 Å². The minimum absolute atomic E-state index is 0.291. The summed E-state index contributed by atoms with van der Waals surface area (Å²) in [6.45, 7) is -0.467.